The number of oxime groups is 1. The molecular formula is C5H9NO4S. The van der Waals surface area contributed by atoms with E-state index in [-0.39, 0.29) is 0 Å². The molecule has 0 aromatic heterocycles. The Morgan fingerprint density at radius 3 is 2.73 bits per heavy atom. The van der Waals surface area contributed by atoms with Crippen LogP contribution in [0.5, 0.6) is 0 Å². The molecular weight excluding hydrogens is 170 g/mol. The summed E-state index contributed by atoms with van der Waals surface area (Å²) in [5.41, 5.74) is 0.414. The highest BCUT2D eigenvalue weighted by atomic mass is 32.3. The Bertz CT molecular complexity index is 254. The molecule has 0 saturated heterocycles. The fraction of sp³-hybridized carbons (Fsp3) is 0.400. The minimum Gasteiger partial charge on any atom is -0.253 e. The molecule has 5 nitrogen and oxygen atoms in total. The zero-order chi connectivity index (χ0) is 8.91. The van der Waals surface area contributed by atoms with Gasteiger partial charge in [0, 0.05) is 6.42 Å². The van der Waals surface area contributed by atoms with E-state index in [4.69, 9.17) is 4.55 Å². The van der Waals surface area contributed by atoms with Crippen LogP contribution in [0.25, 0.3) is 0 Å². The van der Waals surface area contributed by atoms with Crippen LogP contribution in [0, 0.1) is 0 Å². The minimum absolute atomic E-state index is 0.412. The van der Waals surface area contributed by atoms with E-state index in [0.717, 1.165) is 0 Å². The zero-order valence-electron chi connectivity index (χ0n) is 6.02. The molecule has 0 spiro atoms. The van der Waals surface area contributed by atoms with Crippen LogP contribution in [0.4, 0.5) is 0 Å². The van der Waals surface area contributed by atoms with Gasteiger partial charge in [-0.05, 0) is 6.92 Å². The standard InChI is InChI=1S/C5H9NO4S/c1-3-4-5(2)6-10-11(7,8)9/h3H,1,4H2,2H3,(H,7,8,9)/b6-5+. The van der Waals surface area contributed by atoms with Crippen molar-refractivity contribution >= 4 is 16.1 Å². The molecule has 0 unspecified atom stereocenters. The number of nitrogens with zero attached hydrogens (tertiary/aromatic N) is 1. The van der Waals surface area contributed by atoms with E-state index in [1.165, 1.54) is 6.08 Å². The normalized spacial score (nSPS) is 12.7. The zero-order valence-corrected chi connectivity index (χ0v) is 6.84. The lowest BCUT2D eigenvalue weighted by molar-refractivity contribution is 0.281. The Labute approximate surface area is 65.3 Å². The second-order valence-electron chi connectivity index (χ2n) is 1.82. The summed E-state index contributed by atoms with van der Waals surface area (Å²) in [4.78, 5) is 0. The average molecular weight is 179 g/mol. The summed E-state index contributed by atoms with van der Waals surface area (Å²) in [7, 11) is -4.46. The summed E-state index contributed by atoms with van der Waals surface area (Å²) in [5.74, 6) is 0. The highest BCUT2D eigenvalue weighted by Crippen LogP contribution is 1.92. The van der Waals surface area contributed by atoms with Crippen LogP contribution in [0.3, 0.4) is 0 Å². The Kier molecular flexibility index (Phi) is 3.77. The molecule has 0 fully saturated rings. The maximum atomic E-state index is 9.94. The van der Waals surface area contributed by atoms with Gasteiger partial charge in [-0.3, -0.25) is 4.55 Å². The minimum atomic E-state index is -4.46. The number of hydrogen-bond donors (Lipinski definition) is 1. The summed E-state index contributed by atoms with van der Waals surface area (Å²) >= 11 is 0. The van der Waals surface area contributed by atoms with Crippen LogP contribution in [-0.2, 0) is 14.7 Å². The summed E-state index contributed by atoms with van der Waals surface area (Å²) in [6.45, 7) is 4.95. The van der Waals surface area contributed by atoms with Gasteiger partial charge < -0.3 is 0 Å². The SMILES string of the molecule is C=CC/C(C)=N/OS(=O)(=O)O. The van der Waals surface area contributed by atoms with Crippen LogP contribution in [-0.4, -0.2) is 18.7 Å². The van der Waals surface area contributed by atoms with Gasteiger partial charge in [0.15, 0.2) is 0 Å². The lowest BCUT2D eigenvalue weighted by Crippen LogP contribution is -2.00. The lowest BCUT2D eigenvalue weighted by atomic mass is 10.3. The predicted octanol–water partition coefficient (Wildman–Crippen LogP) is 0.758. The monoisotopic (exact) mass is 179 g/mol. The van der Waals surface area contributed by atoms with Gasteiger partial charge in [0.2, 0.25) is 0 Å². The average Bonchev–Trinajstić information content (AvgIpc) is 1.83. The van der Waals surface area contributed by atoms with E-state index in [9.17, 15) is 8.42 Å². The Balaban J connectivity index is 4.03. The maximum absolute atomic E-state index is 9.94. The number of allylic oxidation sites excluding steroid dienone is 1. The summed E-state index contributed by atoms with van der Waals surface area (Å²) in [6, 6.07) is 0. The predicted molar refractivity (Wildman–Crippen MR) is 40.6 cm³/mol. The molecule has 6 heteroatoms. The molecule has 0 saturated carbocycles. The van der Waals surface area contributed by atoms with Gasteiger partial charge in [0.1, 0.15) is 0 Å². The molecule has 0 heterocycles. The summed E-state index contributed by atoms with van der Waals surface area (Å²) in [5, 5.41) is 3.09. The van der Waals surface area contributed by atoms with Gasteiger partial charge in [0.05, 0.1) is 5.71 Å². The molecule has 0 amide bonds. The van der Waals surface area contributed by atoms with Gasteiger partial charge in [0.25, 0.3) is 0 Å². The van der Waals surface area contributed by atoms with E-state index >= 15 is 0 Å². The van der Waals surface area contributed by atoms with E-state index in [2.05, 4.69) is 16.0 Å². The van der Waals surface area contributed by atoms with Crippen molar-refractivity contribution in [1.29, 1.82) is 0 Å². The molecule has 0 aliphatic heterocycles. The van der Waals surface area contributed by atoms with Gasteiger partial charge in [-0.25, -0.2) is 4.28 Å². The first-order valence-electron chi connectivity index (χ1n) is 2.76. The molecule has 64 valence electrons. The van der Waals surface area contributed by atoms with Crippen molar-refractivity contribution < 1.29 is 17.3 Å². The molecule has 0 aromatic carbocycles. The molecule has 11 heavy (non-hydrogen) atoms. The van der Waals surface area contributed by atoms with Crippen LogP contribution in [0.15, 0.2) is 17.8 Å². The van der Waals surface area contributed by atoms with Crippen LogP contribution in [0.1, 0.15) is 13.3 Å². The van der Waals surface area contributed by atoms with Crippen LogP contribution in [0.2, 0.25) is 0 Å². The Morgan fingerprint density at radius 1 is 1.82 bits per heavy atom. The van der Waals surface area contributed by atoms with Crippen molar-refractivity contribution in [3.8, 4) is 0 Å². The van der Waals surface area contributed by atoms with Crippen molar-refractivity contribution in [2.24, 2.45) is 5.16 Å². The van der Waals surface area contributed by atoms with E-state index in [1.54, 1.807) is 6.92 Å². The molecule has 1 N–H and O–H groups in total. The van der Waals surface area contributed by atoms with E-state index < -0.39 is 10.4 Å². The molecule has 0 aromatic rings. The fourth-order valence-corrected chi connectivity index (χ4v) is 0.578. The van der Waals surface area contributed by atoms with Crippen molar-refractivity contribution in [3.05, 3.63) is 12.7 Å². The quantitative estimate of drug-likeness (QED) is 0.299. The molecule has 0 radical (unpaired) electrons. The Hall–Kier alpha value is -0.880. The third-order valence-corrected chi connectivity index (χ3v) is 0.990. The number of hydrogen-bond acceptors (Lipinski definition) is 4. The van der Waals surface area contributed by atoms with E-state index in [0.29, 0.717) is 12.1 Å². The first-order valence-corrected chi connectivity index (χ1v) is 4.12. The van der Waals surface area contributed by atoms with Gasteiger partial charge >= 0.3 is 10.4 Å². The van der Waals surface area contributed by atoms with Crippen LogP contribution >= 0.6 is 0 Å². The van der Waals surface area contributed by atoms with E-state index in [1.807, 2.05) is 0 Å². The summed E-state index contributed by atoms with van der Waals surface area (Å²) in [6.07, 6.45) is 1.95. The highest BCUT2D eigenvalue weighted by Gasteiger charge is 2.01. The smallest absolute Gasteiger partial charge is 0.253 e. The Morgan fingerprint density at radius 2 is 2.36 bits per heavy atom. The van der Waals surface area contributed by atoms with Crippen molar-refractivity contribution in [2.45, 2.75) is 13.3 Å². The van der Waals surface area contributed by atoms with Crippen molar-refractivity contribution in [3.63, 3.8) is 0 Å². The molecule has 0 rings (SSSR count). The third-order valence-electron chi connectivity index (χ3n) is 0.727. The fourth-order valence-electron chi connectivity index (χ4n) is 0.357. The largest absolute Gasteiger partial charge is 0.466 e. The maximum Gasteiger partial charge on any atom is 0.466 e. The van der Waals surface area contributed by atoms with Gasteiger partial charge in [-0.15, -0.1) is 6.58 Å². The molecule has 0 bridgehead atoms. The molecule has 0 aliphatic rings. The second-order valence-corrected chi connectivity index (χ2v) is 2.83. The van der Waals surface area contributed by atoms with Gasteiger partial charge in [-0.2, -0.15) is 8.42 Å². The van der Waals surface area contributed by atoms with Crippen molar-refractivity contribution in [1.82, 2.24) is 0 Å². The first-order chi connectivity index (χ1) is 4.95. The lowest BCUT2D eigenvalue weighted by Gasteiger charge is -1.93. The second kappa shape index (κ2) is 4.09. The highest BCUT2D eigenvalue weighted by molar-refractivity contribution is 7.80. The van der Waals surface area contributed by atoms with Gasteiger partial charge in [-0.1, -0.05) is 11.2 Å². The van der Waals surface area contributed by atoms with Crippen molar-refractivity contribution in [2.75, 3.05) is 0 Å². The molecule has 0 aliphatic carbocycles. The molecule has 0 atom stereocenters. The number of rotatable bonds is 4. The third kappa shape index (κ3) is 7.01. The topological polar surface area (TPSA) is 76.0 Å². The summed E-state index contributed by atoms with van der Waals surface area (Å²) < 4.78 is 31.6. The van der Waals surface area contributed by atoms with Crippen LogP contribution < -0.4 is 0 Å². The first kappa shape index (κ1) is 10.1.